The van der Waals surface area contributed by atoms with Crippen LogP contribution in [0.4, 0.5) is 5.69 Å². The molecule has 160 valence electrons. The quantitative estimate of drug-likeness (QED) is 0.307. The number of thioether (sulfide) groups is 1. The lowest BCUT2D eigenvalue weighted by Crippen LogP contribution is -2.21. The van der Waals surface area contributed by atoms with E-state index < -0.39 is 0 Å². The standard InChI is InChI=1S/C24H27N5OS/c1-5-29(6-2)18-13-11-17(12-14-18)23-26-27-24(28(23)4)31-16(3)22(30)20-15-25-21-10-8-7-9-19(20)21/h7-16,25H,5-6H2,1-4H3/t16-/m0/s1. The number of fused-ring (bicyclic) bond motifs is 1. The molecule has 0 bridgehead atoms. The topological polar surface area (TPSA) is 66.8 Å². The molecule has 0 aliphatic carbocycles. The maximum Gasteiger partial charge on any atom is 0.191 e. The molecule has 0 saturated carbocycles. The first-order valence-electron chi connectivity index (χ1n) is 10.5. The van der Waals surface area contributed by atoms with E-state index in [1.165, 1.54) is 17.4 Å². The third-order valence-corrected chi connectivity index (χ3v) is 6.73. The molecule has 6 nitrogen and oxygen atoms in total. The van der Waals surface area contributed by atoms with Crippen LogP contribution in [0.15, 0.2) is 59.9 Å². The number of aromatic amines is 1. The van der Waals surface area contributed by atoms with E-state index >= 15 is 0 Å². The number of carbonyl (C=O) groups is 1. The Morgan fingerprint density at radius 2 is 1.81 bits per heavy atom. The van der Waals surface area contributed by atoms with Crippen molar-refractivity contribution < 1.29 is 4.79 Å². The minimum absolute atomic E-state index is 0.0792. The number of benzene rings is 2. The molecule has 0 aliphatic heterocycles. The van der Waals surface area contributed by atoms with E-state index in [1.807, 2.05) is 42.8 Å². The number of para-hydroxylation sites is 1. The van der Waals surface area contributed by atoms with Gasteiger partial charge < -0.3 is 14.5 Å². The van der Waals surface area contributed by atoms with Crippen LogP contribution in [-0.2, 0) is 7.05 Å². The van der Waals surface area contributed by atoms with Crippen molar-refractivity contribution in [1.29, 1.82) is 0 Å². The molecule has 31 heavy (non-hydrogen) atoms. The maximum absolute atomic E-state index is 13.1. The normalized spacial score (nSPS) is 12.3. The summed E-state index contributed by atoms with van der Waals surface area (Å²) in [6.45, 7) is 8.18. The van der Waals surface area contributed by atoms with E-state index in [-0.39, 0.29) is 11.0 Å². The molecule has 2 aromatic heterocycles. The fraction of sp³-hybridized carbons (Fsp3) is 0.292. The minimum atomic E-state index is -0.278. The van der Waals surface area contributed by atoms with Gasteiger partial charge in [-0.25, -0.2) is 0 Å². The van der Waals surface area contributed by atoms with Crippen LogP contribution in [0, 0.1) is 0 Å². The Balaban J connectivity index is 1.52. The van der Waals surface area contributed by atoms with Gasteiger partial charge in [0, 0.05) is 54.1 Å². The number of ketones is 1. The van der Waals surface area contributed by atoms with Crippen LogP contribution in [0.1, 0.15) is 31.1 Å². The molecular weight excluding hydrogens is 406 g/mol. The van der Waals surface area contributed by atoms with Gasteiger partial charge in [-0.2, -0.15) is 0 Å². The van der Waals surface area contributed by atoms with Crippen LogP contribution in [0.5, 0.6) is 0 Å². The molecule has 2 aromatic carbocycles. The number of H-pyrrole nitrogens is 1. The van der Waals surface area contributed by atoms with Crippen LogP contribution in [0.25, 0.3) is 22.3 Å². The lowest BCUT2D eigenvalue weighted by atomic mass is 10.1. The fourth-order valence-corrected chi connectivity index (χ4v) is 4.67. The second kappa shape index (κ2) is 8.98. The van der Waals surface area contributed by atoms with Gasteiger partial charge in [-0.05, 0) is 51.1 Å². The Labute approximate surface area is 186 Å². The highest BCUT2D eigenvalue weighted by atomic mass is 32.2. The minimum Gasteiger partial charge on any atom is -0.372 e. The largest absolute Gasteiger partial charge is 0.372 e. The average Bonchev–Trinajstić information content (AvgIpc) is 3.38. The molecule has 1 N–H and O–H groups in total. The average molecular weight is 434 g/mol. The molecule has 0 amide bonds. The SMILES string of the molecule is CCN(CC)c1ccc(-c2nnc(S[C@@H](C)C(=O)c3c[nH]c4ccccc34)n2C)cc1. The summed E-state index contributed by atoms with van der Waals surface area (Å²) >= 11 is 1.43. The van der Waals surface area contributed by atoms with Crippen molar-refractivity contribution in [3.05, 3.63) is 60.3 Å². The molecule has 2 heterocycles. The lowest BCUT2D eigenvalue weighted by molar-refractivity contribution is 0.0995. The van der Waals surface area contributed by atoms with Crippen LogP contribution in [0.3, 0.4) is 0 Å². The van der Waals surface area contributed by atoms with Gasteiger partial charge in [0.2, 0.25) is 0 Å². The number of aromatic nitrogens is 4. The second-order valence-corrected chi connectivity index (χ2v) is 8.76. The number of Topliss-reactive ketones (excluding diaryl/α,β-unsaturated/α-hetero) is 1. The molecule has 0 aliphatic rings. The number of hydrogen-bond donors (Lipinski definition) is 1. The zero-order chi connectivity index (χ0) is 22.0. The Morgan fingerprint density at radius 3 is 2.52 bits per heavy atom. The molecule has 0 radical (unpaired) electrons. The number of rotatable bonds is 8. The molecule has 4 aromatic rings. The van der Waals surface area contributed by atoms with Gasteiger partial charge in [0.05, 0.1) is 5.25 Å². The zero-order valence-corrected chi connectivity index (χ0v) is 19.1. The lowest BCUT2D eigenvalue weighted by Gasteiger charge is -2.21. The summed E-state index contributed by atoms with van der Waals surface area (Å²) in [4.78, 5) is 18.6. The van der Waals surface area contributed by atoms with Crippen LogP contribution in [0.2, 0.25) is 0 Å². The van der Waals surface area contributed by atoms with Crippen molar-refractivity contribution in [2.45, 2.75) is 31.2 Å². The maximum atomic E-state index is 13.1. The van der Waals surface area contributed by atoms with Crippen molar-refractivity contribution in [2.75, 3.05) is 18.0 Å². The number of hydrogen-bond acceptors (Lipinski definition) is 5. The first-order chi connectivity index (χ1) is 15.0. The van der Waals surface area contributed by atoms with Crippen molar-refractivity contribution in [3.8, 4) is 11.4 Å². The van der Waals surface area contributed by atoms with E-state index in [2.05, 4.69) is 58.2 Å². The molecule has 0 spiro atoms. The highest BCUT2D eigenvalue weighted by molar-refractivity contribution is 8.00. The third-order valence-electron chi connectivity index (χ3n) is 5.60. The highest BCUT2D eigenvalue weighted by Gasteiger charge is 2.22. The van der Waals surface area contributed by atoms with E-state index in [0.717, 1.165) is 40.5 Å². The van der Waals surface area contributed by atoms with Crippen molar-refractivity contribution >= 4 is 34.1 Å². The molecule has 0 saturated heterocycles. The number of carbonyl (C=O) groups excluding carboxylic acids is 1. The smallest absolute Gasteiger partial charge is 0.191 e. The Hall–Kier alpha value is -3.06. The van der Waals surface area contributed by atoms with Crippen molar-refractivity contribution in [2.24, 2.45) is 7.05 Å². The van der Waals surface area contributed by atoms with Gasteiger partial charge in [0.25, 0.3) is 0 Å². The van der Waals surface area contributed by atoms with Crippen LogP contribution >= 0.6 is 11.8 Å². The fourth-order valence-electron chi connectivity index (χ4n) is 3.78. The van der Waals surface area contributed by atoms with Gasteiger partial charge in [0.15, 0.2) is 16.8 Å². The number of anilines is 1. The van der Waals surface area contributed by atoms with Gasteiger partial charge in [-0.1, -0.05) is 30.0 Å². The monoisotopic (exact) mass is 433 g/mol. The number of nitrogens with zero attached hydrogens (tertiary/aromatic N) is 4. The van der Waals surface area contributed by atoms with Gasteiger partial charge >= 0.3 is 0 Å². The van der Waals surface area contributed by atoms with Crippen molar-refractivity contribution in [1.82, 2.24) is 19.7 Å². The zero-order valence-electron chi connectivity index (χ0n) is 18.3. The Morgan fingerprint density at radius 1 is 1.10 bits per heavy atom. The van der Waals surface area contributed by atoms with Gasteiger partial charge in [0.1, 0.15) is 0 Å². The second-order valence-electron chi connectivity index (χ2n) is 7.46. The first-order valence-corrected chi connectivity index (χ1v) is 11.4. The predicted molar refractivity (Wildman–Crippen MR) is 128 cm³/mol. The first kappa shape index (κ1) is 21.2. The van der Waals surface area contributed by atoms with Crippen LogP contribution in [-0.4, -0.2) is 43.9 Å². The predicted octanol–water partition coefficient (Wildman–Crippen LogP) is 5.17. The summed E-state index contributed by atoms with van der Waals surface area (Å²) in [6, 6.07) is 16.2. The third kappa shape index (κ3) is 4.10. The van der Waals surface area contributed by atoms with Crippen molar-refractivity contribution in [3.63, 3.8) is 0 Å². The molecule has 4 rings (SSSR count). The van der Waals surface area contributed by atoms with Crippen LogP contribution < -0.4 is 4.90 Å². The van der Waals surface area contributed by atoms with Gasteiger partial charge in [-0.3, -0.25) is 4.79 Å². The summed E-state index contributed by atoms with van der Waals surface area (Å²) in [5.41, 5.74) is 3.89. The highest BCUT2D eigenvalue weighted by Crippen LogP contribution is 2.30. The van der Waals surface area contributed by atoms with E-state index in [4.69, 9.17) is 0 Å². The Bertz CT molecular complexity index is 1190. The van der Waals surface area contributed by atoms with E-state index in [0.29, 0.717) is 5.56 Å². The summed E-state index contributed by atoms with van der Waals surface area (Å²) in [5.74, 6) is 0.871. The summed E-state index contributed by atoms with van der Waals surface area (Å²) in [5, 5.41) is 10.1. The van der Waals surface area contributed by atoms with E-state index in [9.17, 15) is 4.79 Å². The number of nitrogens with one attached hydrogen (secondary N) is 1. The summed E-state index contributed by atoms with van der Waals surface area (Å²) < 4.78 is 1.95. The molecule has 7 heteroatoms. The van der Waals surface area contributed by atoms with Gasteiger partial charge in [-0.15, -0.1) is 10.2 Å². The van der Waals surface area contributed by atoms with E-state index in [1.54, 1.807) is 6.20 Å². The Kier molecular flexibility index (Phi) is 6.13. The molecule has 0 unspecified atom stereocenters. The molecular formula is C24H27N5OS. The summed E-state index contributed by atoms with van der Waals surface area (Å²) in [6.07, 6.45) is 1.80. The molecule has 1 atom stereocenters. The summed E-state index contributed by atoms with van der Waals surface area (Å²) in [7, 11) is 1.94. The molecule has 0 fully saturated rings.